The van der Waals surface area contributed by atoms with Crippen molar-refractivity contribution in [1.29, 1.82) is 0 Å². The lowest BCUT2D eigenvalue weighted by Gasteiger charge is -2.38. The molecule has 28 heavy (non-hydrogen) atoms. The highest BCUT2D eigenvalue weighted by Crippen LogP contribution is 2.43. The van der Waals surface area contributed by atoms with Gasteiger partial charge in [0, 0.05) is 12.0 Å². The molecule has 2 aromatic rings. The highest BCUT2D eigenvalue weighted by molar-refractivity contribution is 5.85. The topological polar surface area (TPSA) is 41.6 Å². The first kappa shape index (κ1) is 20.5. The molecule has 4 nitrogen and oxygen atoms in total. The second-order valence-corrected chi connectivity index (χ2v) is 8.31. The molecule has 1 aliphatic rings. The first-order chi connectivity index (χ1) is 13.0. The average molecular weight is 394 g/mol. The molecule has 1 amide bonds. The number of benzene rings is 2. The Kier molecular flexibility index (Phi) is 5.32. The Morgan fingerprint density at radius 3 is 2.39 bits per heavy atom. The summed E-state index contributed by atoms with van der Waals surface area (Å²) in [7, 11) is 0. The molecule has 1 aliphatic heterocycles. The van der Waals surface area contributed by atoms with Crippen LogP contribution in [0.4, 0.5) is 13.2 Å². The van der Waals surface area contributed by atoms with Crippen molar-refractivity contribution in [2.24, 2.45) is 5.92 Å². The molecule has 152 valence electrons. The van der Waals surface area contributed by atoms with Gasteiger partial charge in [0.15, 0.2) is 6.04 Å². The van der Waals surface area contributed by atoms with E-state index in [2.05, 4.69) is 5.43 Å². The van der Waals surface area contributed by atoms with Crippen LogP contribution < -0.4 is 10.2 Å². The molecule has 3 rings (SSSR count). The highest BCUT2D eigenvalue weighted by Gasteiger charge is 2.52. The van der Waals surface area contributed by atoms with Crippen LogP contribution in [-0.4, -0.2) is 29.2 Å². The van der Waals surface area contributed by atoms with E-state index in [0.29, 0.717) is 23.7 Å². The fraction of sp³-hybridized carbons (Fsp3) is 0.476. The van der Waals surface area contributed by atoms with Gasteiger partial charge in [-0.1, -0.05) is 32.0 Å². The SMILES string of the molecule is CC(C)COc1ccc2ccc(C(N3NC(=O)CC3(C)C)C(F)(F)F)cc2c1. The minimum Gasteiger partial charge on any atom is -0.493 e. The molecule has 1 heterocycles. The van der Waals surface area contributed by atoms with Crippen molar-refractivity contribution < 1.29 is 22.7 Å². The number of nitrogens with one attached hydrogen (secondary N) is 1. The maximum atomic E-state index is 14.0. The van der Waals surface area contributed by atoms with Crippen LogP contribution in [0.1, 0.15) is 45.7 Å². The Hall–Kier alpha value is -2.28. The minimum atomic E-state index is -4.55. The molecule has 0 aromatic heterocycles. The molecule has 1 atom stereocenters. The highest BCUT2D eigenvalue weighted by atomic mass is 19.4. The number of carbonyl (C=O) groups excluding carboxylic acids is 1. The normalized spacial score (nSPS) is 18.5. The van der Waals surface area contributed by atoms with Gasteiger partial charge < -0.3 is 4.74 Å². The van der Waals surface area contributed by atoms with Crippen LogP contribution in [-0.2, 0) is 4.79 Å². The lowest BCUT2D eigenvalue weighted by Crippen LogP contribution is -2.51. The second kappa shape index (κ2) is 7.28. The van der Waals surface area contributed by atoms with Gasteiger partial charge >= 0.3 is 6.18 Å². The van der Waals surface area contributed by atoms with Crippen molar-refractivity contribution in [1.82, 2.24) is 10.4 Å². The third kappa shape index (κ3) is 4.24. The summed E-state index contributed by atoms with van der Waals surface area (Å²) < 4.78 is 47.7. The maximum Gasteiger partial charge on any atom is 0.409 e. The molecule has 0 saturated carbocycles. The molecule has 0 spiro atoms. The van der Waals surface area contributed by atoms with Gasteiger partial charge in [-0.3, -0.25) is 10.2 Å². The molecule has 1 unspecified atom stereocenters. The number of hydrazine groups is 1. The van der Waals surface area contributed by atoms with E-state index in [9.17, 15) is 18.0 Å². The van der Waals surface area contributed by atoms with Crippen molar-refractivity contribution in [2.45, 2.75) is 51.9 Å². The zero-order chi connectivity index (χ0) is 20.7. The quantitative estimate of drug-likeness (QED) is 0.777. The zero-order valence-corrected chi connectivity index (χ0v) is 16.4. The van der Waals surface area contributed by atoms with Gasteiger partial charge in [-0.15, -0.1) is 0 Å². The molecule has 1 saturated heterocycles. The Morgan fingerprint density at radius 2 is 1.82 bits per heavy atom. The predicted molar refractivity (Wildman–Crippen MR) is 102 cm³/mol. The standard InChI is InChI=1S/C21H25F3N2O2/c1-13(2)12-28-17-8-7-14-5-6-15(9-16(14)10-17)19(21(22,23)24)26-20(3,4)11-18(27)25-26/h5-10,13,19H,11-12H2,1-4H3,(H,25,27). The molecular formula is C21H25F3N2O2. The van der Waals surface area contributed by atoms with Gasteiger partial charge in [-0.05, 0) is 54.3 Å². The summed E-state index contributed by atoms with van der Waals surface area (Å²) >= 11 is 0. The van der Waals surface area contributed by atoms with Crippen molar-refractivity contribution in [3.8, 4) is 5.75 Å². The van der Waals surface area contributed by atoms with Crippen molar-refractivity contribution in [2.75, 3.05) is 6.61 Å². The van der Waals surface area contributed by atoms with Crippen LogP contribution >= 0.6 is 0 Å². The van der Waals surface area contributed by atoms with Crippen LogP contribution in [0.25, 0.3) is 10.8 Å². The molecule has 1 fully saturated rings. The van der Waals surface area contributed by atoms with Gasteiger partial charge in [0.1, 0.15) is 5.75 Å². The third-order valence-corrected chi connectivity index (χ3v) is 4.79. The van der Waals surface area contributed by atoms with Crippen LogP contribution in [0.3, 0.4) is 0 Å². The smallest absolute Gasteiger partial charge is 0.409 e. The number of hydrogen-bond acceptors (Lipinski definition) is 3. The van der Waals surface area contributed by atoms with Gasteiger partial charge in [0.25, 0.3) is 0 Å². The lowest BCUT2D eigenvalue weighted by atomic mass is 9.95. The number of hydrogen-bond donors (Lipinski definition) is 1. The van der Waals surface area contributed by atoms with E-state index < -0.39 is 23.7 Å². The number of ether oxygens (including phenoxy) is 1. The van der Waals surface area contributed by atoms with Crippen molar-refractivity contribution in [3.05, 3.63) is 42.0 Å². The number of carbonyl (C=O) groups is 1. The van der Waals surface area contributed by atoms with E-state index in [1.54, 1.807) is 26.0 Å². The minimum absolute atomic E-state index is 0.0142. The number of nitrogens with zero attached hydrogens (tertiary/aromatic N) is 1. The predicted octanol–water partition coefficient (Wildman–Crippen LogP) is 4.99. The number of halogens is 3. The molecule has 0 radical (unpaired) electrons. The summed E-state index contributed by atoms with van der Waals surface area (Å²) in [5.74, 6) is 0.554. The Balaban J connectivity index is 2.01. The van der Waals surface area contributed by atoms with Crippen LogP contribution in [0, 0.1) is 5.92 Å². The van der Waals surface area contributed by atoms with Crippen LogP contribution in [0.5, 0.6) is 5.75 Å². The van der Waals surface area contributed by atoms with E-state index in [0.717, 1.165) is 10.4 Å². The fourth-order valence-corrected chi connectivity index (χ4v) is 3.47. The van der Waals surface area contributed by atoms with Crippen molar-refractivity contribution >= 4 is 16.7 Å². The van der Waals surface area contributed by atoms with Gasteiger partial charge in [0.2, 0.25) is 5.91 Å². The van der Waals surface area contributed by atoms with Gasteiger partial charge in [-0.25, -0.2) is 0 Å². The monoisotopic (exact) mass is 394 g/mol. The van der Waals surface area contributed by atoms with E-state index in [4.69, 9.17) is 4.74 Å². The average Bonchev–Trinajstić information content (AvgIpc) is 2.83. The Bertz CT molecular complexity index is 878. The van der Waals surface area contributed by atoms with Crippen LogP contribution in [0.15, 0.2) is 36.4 Å². The lowest BCUT2D eigenvalue weighted by molar-refractivity contribution is -0.203. The Labute approximate surface area is 162 Å². The molecule has 2 aromatic carbocycles. The molecule has 0 aliphatic carbocycles. The first-order valence-electron chi connectivity index (χ1n) is 9.29. The number of alkyl halides is 3. The summed E-state index contributed by atoms with van der Waals surface area (Å²) in [6, 6.07) is 8.13. The van der Waals surface area contributed by atoms with Crippen molar-refractivity contribution in [3.63, 3.8) is 0 Å². The summed E-state index contributed by atoms with van der Waals surface area (Å²) in [5.41, 5.74) is 1.52. The number of rotatable bonds is 5. The maximum absolute atomic E-state index is 14.0. The van der Waals surface area contributed by atoms with E-state index in [1.807, 2.05) is 26.0 Å². The molecule has 1 N–H and O–H groups in total. The zero-order valence-electron chi connectivity index (χ0n) is 16.4. The first-order valence-corrected chi connectivity index (χ1v) is 9.29. The summed E-state index contributed by atoms with van der Waals surface area (Å²) in [6.07, 6.45) is -4.53. The molecule has 0 bridgehead atoms. The number of fused-ring (bicyclic) bond motifs is 1. The van der Waals surface area contributed by atoms with Crippen LogP contribution in [0.2, 0.25) is 0 Å². The van der Waals surface area contributed by atoms with Gasteiger partial charge in [-0.2, -0.15) is 18.2 Å². The summed E-state index contributed by atoms with van der Waals surface area (Å²) in [6.45, 7) is 7.84. The summed E-state index contributed by atoms with van der Waals surface area (Å²) in [5, 5.41) is 2.51. The Morgan fingerprint density at radius 1 is 1.14 bits per heavy atom. The fourth-order valence-electron chi connectivity index (χ4n) is 3.47. The molecular weight excluding hydrogens is 369 g/mol. The van der Waals surface area contributed by atoms with E-state index in [-0.39, 0.29) is 12.0 Å². The number of amides is 1. The molecule has 7 heteroatoms. The summed E-state index contributed by atoms with van der Waals surface area (Å²) in [4.78, 5) is 11.8. The third-order valence-electron chi connectivity index (χ3n) is 4.79. The van der Waals surface area contributed by atoms with E-state index >= 15 is 0 Å². The largest absolute Gasteiger partial charge is 0.493 e. The van der Waals surface area contributed by atoms with Gasteiger partial charge in [0.05, 0.1) is 6.61 Å². The van der Waals surface area contributed by atoms with E-state index in [1.165, 1.54) is 12.1 Å². The second-order valence-electron chi connectivity index (χ2n) is 8.31.